The molecule has 0 aliphatic carbocycles. The summed E-state index contributed by atoms with van der Waals surface area (Å²) in [6.45, 7) is 8.04. The van der Waals surface area contributed by atoms with Crippen molar-refractivity contribution in [1.82, 2.24) is 4.90 Å². The Bertz CT molecular complexity index is 459. The quantitative estimate of drug-likeness (QED) is 0.462. The summed E-state index contributed by atoms with van der Waals surface area (Å²) in [4.78, 5) is 25.0. The average Bonchev–Trinajstić information content (AvgIpc) is 2.25. The van der Waals surface area contributed by atoms with Crippen LogP contribution in [0.1, 0.15) is 27.7 Å². The van der Waals surface area contributed by atoms with E-state index in [4.69, 9.17) is 20.6 Å². The predicted molar refractivity (Wildman–Crippen MR) is 77.9 cm³/mol. The minimum atomic E-state index is -0.610. The highest BCUT2D eigenvalue weighted by Crippen LogP contribution is 2.24. The summed E-state index contributed by atoms with van der Waals surface area (Å²) >= 11 is 0. The van der Waals surface area contributed by atoms with Crippen molar-refractivity contribution in [2.45, 2.75) is 33.3 Å². The van der Waals surface area contributed by atoms with Gasteiger partial charge in [-0.3, -0.25) is 0 Å². The molecule has 1 rings (SSSR count). The molecule has 0 aromatic rings. The van der Waals surface area contributed by atoms with Crippen LogP contribution in [0.2, 0.25) is 0 Å². The van der Waals surface area contributed by atoms with Gasteiger partial charge in [0.1, 0.15) is 5.60 Å². The molecule has 1 saturated heterocycles. The lowest BCUT2D eigenvalue weighted by Crippen LogP contribution is -2.53. The topological polar surface area (TPSA) is 106 Å². The zero-order chi connectivity index (χ0) is 16.2. The lowest BCUT2D eigenvalue weighted by atomic mass is 9.94. The van der Waals surface area contributed by atoms with Gasteiger partial charge in [-0.15, -0.1) is 0 Å². The summed E-state index contributed by atoms with van der Waals surface area (Å²) in [5.41, 5.74) is 5.68. The second-order valence-corrected chi connectivity index (χ2v) is 5.82. The number of rotatable bonds is 4. The van der Waals surface area contributed by atoms with Gasteiger partial charge >= 0.3 is 12.1 Å². The normalized spacial score (nSPS) is 16.7. The van der Waals surface area contributed by atoms with E-state index in [1.165, 1.54) is 4.90 Å². The van der Waals surface area contributed by atoms with E-state index in [1.807, 2.05) is 0 Å². The van der Waals surface area contributed by atoms with Gasteiger partial charge in [-0.25, -0.2) is 9.59 Å². The molecule has 21 heavy (non-hydrogen) atoms. The monoisotopic (exact) mass is 297 g/mol. The first-order chi connectivity index (χ1) is 9.69. The molecule has 118 valence electrons. The number of carbonyl (C=O) groups excluding carboxylic acids is 2. The third kappa shape index (κ3) is 4.47. The van der Waals surface area contributed by atoms with Crippen molar-refractivity contribution < 1.29 is 19.1 Å². The van der Waals surface area contributed by atoms with E-state index < -0.39 is 17.7 Å². The van der Waals surface area contributed by atoms with Crippen molar-refractivity contribution in [3.05, 3.63) is 11.3 Å². The van der Waals surface area contributed by atoms with E-state index in [0.29, 0.717) is 13.1 Å². The number of esters is 1. The minimum Gasteiger partial charge on any atom is -0.462 e. The molecule has 3 N–H and O–H groups in total. The molecule has 7 nitrogen and oxygen atoms in total. The fourth-order valence-electron chi connectivity index (χ4n) is 1.84. The maximum absolute atomic E-state index is 11.8. The van der Waals surface area contributed by atoms with E-state index in [2.05, 4.69) is 0 Å². The van der Waals surface area contributed by atoms with Crippen LogP contribution in [0.15, 0.2) is 11.3 Å². The van der Waals surface area contributed by atoms with Gasteiger partial charge in [0.25, 0.3) is 0 Å². The Labute approximate surface area is 124 Å². The molecule has 0 radical (unpaired) electrons. The first kappa shape index (κ1) is 17.0. The first-order valence-electron chi connectivity index (χ1n) is 6.84. The molecule has 0 bridgehead atoms. The third-order valence-electron chi connectivity index (χ3n) is 2.92. The van der Waals surface area contributed by atoms with Crippen LogP contribution in [0.25, 0.3) is 0 Å². The molecule has 0 atom stereocenters. The fourth-order valence-corrected chi connectivity index (χ4v) is 1.84. The van der Waals surface area contributed by atoms with Crippen LogP contribution in [0.3, 0.4) is 0 Å². The van der Waals surface area contributed by atoms with Crippen LogP contribution in [0.5, 0.6) is 0 Å². The summed E-state index contributed by atoms with van der Waals surface area (Å²) in [5.74, 6) is -0.765. The number of nitrogens with zero attached hydrogens (tertiary/aromatic N) is 1. The molecule has 0 aromatic heterocycles. The molecular formula is C14H23N3O4. The third-order valence-corrected chi connectivity index (χ3v) is 2.92. The molecule has 1 aliphatic heterocycles. The number of carbonyl (C=O) groups is 2. The van der Waals surface area contributed by atoms with Crippen LogP contribution >= 0.6 is 0 Å². The molecule has 1 amide bonds. The number of likely N-dealkylation sites (tertiary alicyclic amines) is 1. The summed E-state index contributed by atoms with van der Waals surface area (Å²) in [6.07, 6.45) is 0.489. The second-order valence-electron chi connectivity index (χ2n) is 5.82. The zero-order valence-electron chi connectivity index (χ0n) is 12.9. The highest BCUT2D eigenvalue weighted by atomic mass is 16.6. The number of nitrogens with two attached hydrogens (primary N) is 1. The van der Waals surface area contributed by atoms with Crippen LogP contribution in [0, 0.1) is 11.3 Å². The predicted octanol–water partition coefficient (Wildman–Crippen LogP) is 1.28. The molecule has 7 heteroatoms. The molecule has 1 aliphatic rings. The second kappa shape index (κ2) is 6.60. The van der Waals surface area contributed by atoms with Crippen molar-refractivity contribution in [2.75, 3.05) is 19.7 Å². The SMILES string of the molecule is CCOC(=O)C(C=N)=C(N)C1CN(C(=O)OC(C)(C)C)C1. The Morgan fingerprint density at radius 1 is 1.38 bits per heavy atom. The first-order valence-corrected chi connectivity index (χ1v) is 6.84. The van der Waals surface area contributed by atoms with E-state index in [9.17, 15) is 9.59 Å². The summed E-state index contributed by atoms with van der Waals surface area (Å²) in [6, 6.07) is 0. The highest BCUT2D eigenvalue weighted by Gasteiger charge is 2.36. The Hall–Kier alpha value is -2.05. The van der Waals surface area contributed by atoms with Crippen LogP contribution in [-0.4, -0.2) is 48.5 Å². The number of amides is 1. The average molecular weight is 297 g/mol. The van der Waals surface area contributed by atoms with Crippen molar-refractivity contribution in [3.63, 3.8) is 0 Å². The highest BCUT2D eigenvalue weighted by molar-refractivity contribution is 6.09. The van der Waals surface area contributed by atoms with Gasteiger partial charge in [0.05, 0.1) is 12.2 Å². The van der Waals surface area contributed by atoms with Crippen molar-refractivity contribution in [1.29, 1.82) is 5.41 Å². The Kier molecular flexibility index (Phi) is 5.34. The Balaban J connectivity index is 2.64. The number of hydrogen-bond donors (Lipinski definition) is 2. The molecule has 1 heterocycles. The minimum absolute atomic E-state index is 0.0469. The largest absolute Gasteiger partial charge is 0.462 e. The van der Waals surface area contributed by atoms with Gasteiger partial charge < -0.3 is 25.5 Å². The van der Waals surface area contributed by atoms with Crippen molar-refractivity contribution in [2.24, 2.45) is 11.7 Å². The standard InChI is InChI=1S/C14H23N3O4/c1-5-20-12(18)10(6-15)11(16)9-7-17(8-9)13(19)21-14(2,3)4/h6,9,15H,5,7-8,16H2,1-4H3. The molecule has 1 fully saturated rings. The summed E-state index contributed by atoms with van der Waals surface area (Å²) < 4.78 is 10.1. The molecule has 0 unspecified atom stereocenters. The maximum Gasteiger partial charge on any atom is 0.410 e. The Morgan fingerprint density at radius 2 is 1.95 bits per heavy atom. The lowest BCUT2D eigenvalue weighted by Gasteiger charge is -2.40. The van der Waals surface area contributed by atoms with Crippen LogP contribution in [-0.2, 0) is 14.3 Å². The molecule has 0 spiro atoms. The number of hydrogen-bond acceptors (Lipinski definition) is 6. The van der Waals surface area contributed by atoms with Gasteiger partial charge in [-0.2, -0.15) is 0 Å². The fraction of sp³-hybridized carbons (Fsp3) is 0.643. The van der Waals surface area contributed by atoms with Crippen molar-refractivity contribution >= 4 is 18.3 Å². The summed E-state index contributed by atoms with van der Waals surface area (Å²) in [7, 11) is 0. The van der Waals surface area contributed by atoms with E-state index >= 15 is 0 Å². The van der Waals surface area contributed by atoms with Crippen LogP contribution < -0.4 is 5.73 Å². The Morgan fingerprint density at radius 3 is 2.38 bits per heavy atom. The van der Waals surface area contributed by atoms with Gasteiger partial charge in [-0.05, 0) is 27.7 Å². The van der Waals surface area contributed by atoms with E-state index in [0.717, 1.165) is 6.21 Å². The van der Waals surface area contributed by atoms with Gasteiger partial charge in [0.15, 0.2) is 0 Å². The van der Waals surface area contributed by atoms with Gasteiger partial charge in [0, 0.05) is 30.9 Å². The van der Waals surface area contributed by atoms with E-state index in [1.54, 1.807) is 27.7 Å². The lowest BCUT2D eigenvalue weighted by molar-refractivity contribution is -0.137. The number of ether oxygens (including phenoxy) is 2. The van der Waals surface area contributed by atoms with Gasteiger partial charge in [0.2, 0.25) is 0 Å². The van der Waals surface area contributed by atoms with Gasteiger partial charge in [-0.1, -0.05) is 0 Å². The molecule has 0 aromatic carbocycles. The van der Waals surface area contributed by atoms with E-state index in [-0.39, 0.29) is 23.8 Å². The van der Waals surface area contributed by atoms with Crippen molar-refractivity contribution in [3.8, 4) is 0 Å². The molecular weight excluding hydrogens is 274 g/mol. The number of nitrogens with one attached hydrogen (secondary N) is 1. The van der Waals surface area contributed by atoms with Crippen LogP contribution in [0.4, 0.5) is 4.79 Å². The summed E-state index contributed by atoms with van der Waals surface area (Å²) in [5, 5.41) is 7.28. The molecule has 0 saturated carbocycles. The maximum atomic E-state index is 11.8. The smallest absolute Gasteiger partial charge is 0.410 e. The zero-order valence-corrected chi connectivity index (χ0v) is 12.9.